The number of rotatable bonds is 5. The van der Waals surface area contributed by atoms with Crippen LogP contribution in [0.3, 0.4) is 0 Å². The van der Waals surface area contributed by atoms with Gasteiger partial charge in [-0.25, -0.2) is 9.78 Å². The van der Waals surface area contributed by atoms with Gasteiger partial charge >= 0.3 is 6.09 Å². The molecule has 0 saturated carbocycles. The van der Waals surface area contributed by atoms with Gasteiger partial charge in [-0.3, -0.25) is 9.88 Å². The maximum absolute atomic E-state index is 12.1. The number of carbonyl (C=O) groups excluding carboxylic acids is 1. The molecule has 1 aliphatic rings. The van der Waals surface area contributed by atoms with Gasteiger partial charge in [0.15, 0.2) is 0 Å². The third-order valence-corrected chi connectivity index (χ3v) is 3.86. The lowest BCUT2D eigenvalue weighted by Crippen LogP contribution is -2.36. The molecule has 1 fully saturated rings. The molecular formula is C17H28N4O3. The molecule has 134 valence electrons. The van der Waals surface area contributed by atoms with Gasteiger partial charge in [0.2, 0.25) is 5.88 Å². The second-order valence-corrected chi connectivity index (χ2v) is 7.29. The first-order chi connectivity index (χ1) is 11.3. The molecule has 1 aromatic rings. The van der Waals surface area contributed by atoms with E-state index < -0.39 is 5.60 Å². The lowest BCUT2D eigenvalue weighted by Gasteiger charge is -2.25. The second-order valence-electron chi connectivity index (χ2n) is 7.29. The number of hydrogen-bond donors (Lipinski definition) is 0. The highest BCUT2D eigenvalue weighted by Gasteiger charge is 2.30. The molecule has 0 spiro atoms. The Hall–Kier alpha value is -1.89. The topological polar surface area (TPSA) is 67.8 Å². The molecule has 7 heteroatoms. The first kappa shape index (κ1) is 18.4. The lowest BCUT2D eigenvalue weighted by molar-refractivity contribution is 0.0285. The van der Waals surface area contributed by atoms with Gasteiger partial charge < -0.3 is 14.4 Å². The minimum Gasteiger partial charge on any atom is -0.480 e. The molecule has 1 aromatic heterocycles. The molecule has 0 aliphatic carbocycles. The Labute approximate surface area is 144 Å². The van der Waals surface area contributed by atoms with Crippen LogP contribution < -0.4 is 4.74 Å². The van der Waals surface area contributed by atoms with Crippen LogP contribution in [-0.4, -0.2) is 65.3 Å². The molecule has 0 radical (unpaired) electrons. The van der Waals surface area contributed by atoms with E-state index in [9.17, 15) is 4.79 Å². The van der Waals surface area contributed by atoms with Gasteiger partial charge in [0.25, 0.3) is 0 Å². The molecule has 7 nitrogen and oxygen atoms in total. The van der Waals surface area contributed by atoms with Crippen molar-refractivity contribution in [2.45, 2.75) is 39.3 Å². The SMILES string of the molecule is COc1nccnc1CN(C)CC1CCN(C(=O)OC(C)(C)C)C1. The van der Waals surface area contributed by atoms with E-state index in [2.05, 4.69) is 14.9 Å². The number of amides is 1. The standard InChI is InChI=1S/C17H28N4O3/c1-17(2,3)24-16(22)21-9-6-13(11-21)10-20(4)12-14-15(23-5)19-8-7-18-14/h7-8,13H,6,9-12H2,1-5H3. The van der Waals surface area contributed by atoms with Crippen LogP contribution in [-0.2, 0) is 11.3 Å². The number of aromatic nitrogens is 2. The summed E-state index contributed by atoms with van der Waals surface area (Å²) < 4.78 is 10.7. The predicted molar refractivity (Wildman–Crippen MR) is 90.8 cm³/mol. The van der Waals surface area contributed by atoms with Crippen LogP contribution in [0.1, 0.15) is 32.9 Å². The summed E-state index contributed by atoms with van der Waals surface area (Å²) >= 11 is 0. The quantitative estimate of drug-likeness (QED) is 0.821. The van der Waals surface area contributed by atoms with Crippen molar-refractivity contribution in [3.8, 4) is 5.88 Å². The fourth-order valence-electron chi connectivity index (χ4n) is 2.87. The molecule has 24 heavy (non-hydrogen) atoms. The monoisotopic (exact) mass is 336 g/mol. The maximum Gasteiger partial charge on any atom is 0.410 e. The van der Waals surface area contributed by atoms with E-state index in [0.29, 0.717) is 18.3 Å². The van der Waals surface area contributed by atoms with E-state index in [1.165, 1.54) is 0 Å². The van der Waals surface area contributed by atoms with Crippen molar-refractivity contribution >= 4 is 6.09 Å². The van der Waals surface area contributed by atoms with E-state index in [1.807, 2.05) is 27.8 Å². The van der Waals surface area contributed by atoms with Crippen molar-refractivity contribution in [3.05, 3.63) is 18.1 Å². The number of nitrogens with zero attached hydrogens (tertiary/aromatic N) is 4. The summed E-state index contributed by atoms with van der Waals surface area (Å²) in [6.45, 7) is 8.71. The van der Waals surface area contributed by atoms with Crippen molar-refractivity contribution in [2.24, 2.45) is 5.92 Å². The third-order valence-electron chi connectivity index (χ3n) is 3.86. The first-order valence-electron chi connectivity index (χ1n) is 8.29. The zero-order chi connectivity index (χ0) is 17.7. The Morgan fingerprint density at radius 1 is 1.38 bits per heavy atom. The first-order valence-corrected chi connectivity index (χ1v) is 8.29. The van der Waals surface area contributed by atoms with E-state index in [-0.39, 0.29) is 6.09 Å². The number of methoxy groups -OCH3 is 1. The largest absolute Gasteiger partial charge is 0.480 e. The number of likely N-dealkylation sites (tertiary alicyclic amines) is 1. The normalized spacial score (nSPS) is 18.1. The van der Waals surface area contributed by atoms with Crippen LogP contribution in [0.25, 0.3) is 0 Å². The highest BCUT2D eigenvalue weighted by Crippen LogP contribution is 2.21. The minimum absolute atomic E-state index is 0.219. The molecule has 0 N–H and O–H groups in total. The van der Waals surface area contributed by atoms with E-state index >= 15 is 0 Å². The van der Waals surface area contributed by atoms with Gasteiger partial charge in [-0.15, -0.1) is 0 Å². The van der Waals surface area contributed by atoms with Crippen molar-refractivity contribution in [1.29, 1.82) is 0 Å². The van der Waals surface area contributed by atoms with Crippen molar-refractivity contribution in [2.75, 3.05) is 33.8 Å². The smallest absolute Gasteiger partial charge is 0.410 e. The van der Waals surface area contributed by atoms with Crippen LogP contribution in [0, 0.1) is 5.92 Å². The van der Waals surface area contributed by atoms with Crippen molar-refractivity contribution < 1.29 is 14.3 Å². The van der Waals surface area contributed by atoms with Crippen molar-refractivity contribution in [1.82, 2.24) is 19.8 Å². The van der Waals surface area contributed by atoms with E-state index in [1.54, 1.807) is 24.4 Å². The zero-order valence-corrected chi connectivity index (χ0v) is 15.3. The number of carbonyl (C=O) groups is 1. The summed E-state index contributed by atoms with van der Waals surface area (Å²) in [5.41, 5.74) is 0.374. The van der Waals surface area contributed by atoms with Crippen molar-refractivity contribution in [3.63, 3.8) is 0 Å². The molecular weight excluding hydrogens is 308 g/mol. The fourth-order valence-corrected chi connectivity index (χ4v) is 2.87. The average Bonchev–Trinajstić information content (AvgIpc) is 2.94. The Bertz CT molecular complexity index is 559. The third kappa shape index (κ3) is 5.33. The molecule has 0 bridgehead atoms. The Morgan fingerprint density at radius 2 is 2.08 bits per heavy atom. The summed E-state index contributed by atoms with van der Waals surface area (Å²) in [6, 6.07) is 0. The molecule has 1 unspecified atom stereocenters. The lowest BCUT2D eigenvalue weighted by atomic mass is 10.1. The summed E-state index contributed by atoms with van der Waals surface area (Å²) in [6.07, 6.45) is 4.06. The van der Waals surface area contributed by atoms with Crippen LogP contribution in [0.15, 0.2) is 12.4 Å². The summed E-state index contributed by atoms with van der Waals surface area (Å²) in [7, 11) is 3.65. The average molecular weight is 336 g/mol. The molecule has 2 heterocycles. The van der Waals surface area contributed by atoms with Gasteiger partial charge in [-0.2, -0.15) is 0 Å². The highest BCUT2D eigenvalue weighted by molar-refractivity contribution is 5.68. The van der Waals surface area contributed by atoms with Gasteiger partial charge in [0.1, 0.15) is 11.3 Å². The van der Waals surface area contributed by atoms with Crippen LogP contribution in [0.2, 0.25) is 0 Å². The van der Waals surface area contributed by atoms with Gasteiger partial charge in [-0.1, -0.05) is 0 Å². The fraction of sp³-hybridized carbons (Fsp3) is 0.706. The second kappa shape index (κ2) is 7.79. The highest BCUT2D eigenvalue weighted by atomic mass is 16.6. The molecule has 0 aromatic carbocycles. The van der Waals surface area contributed by atoms with E-state index in [4.69, 9.17) is 9.47 Å². The van der Waals surface area contributed by atoms with Crippen LogP contribution >= 0.6 is 0 Å². The molecule has 1 aliphatic heterocycles. The minimum atomic E-state index is -0.450. The summed E-state index contributed by atoms with van der Waals surface area (Å²) in [5.74, 6) is 0.997. The Morgan fingerprint density at radius 3 is 2.75 bits per heavy atom. The molecule has 2 rings (SSSR count). The van der Waals surface area contributed by atoms with Gasteiger partial charge in [-0.05, 0) is 40.2 Å². The zero-order valence-electron chi connectivity index (χ0n) is 15.3. The van der Waals surface area contributed by atoms with Gasteiger partial charge in [0.05, 0.1) is 7.11 Å². The Kier molecular flexibility index (Phi) is 5.99. The number of hydrogen-bond acceptors (Lipinski definition) is 6. The van der Waals surface area contributed by atoms with Crippen LogP contribution in [0.4, 0.5) is 4.79 Å². The van der Waals surface area contributed by atoms with Crippen LogP contribution in [0.5, 0.6) is 5.88 Å². The summed E-state index contributed by atoms with van der Waals surface area (Å²) in [4.78, 5) is 24.6. The number of ether oxygens (including phenoxy) is 2. The predicted octanol–water partition coefficient (Wildman–Crippen LogP) is 2.17. The molecule has 1 amide bonds. The van der Waals surface area contributed by atoms with Gasteiger partial charge in [0, 0.05) is 38.6 Å². The summed E-state index contributed by atoms with van der Waals surface area (Å²) in [5, 5.41) is 0. The Balaban J connectivity index is 1.83. The molecule has 1 atom stereocenters. The maximum atomic E-state index is 12.1. The van der Waals surface area contributed by atoms with E-state index in [0.717, 1.165) is 31.7 Å². The molecule has 1 saturated heterocycles.